The lowest BCUT2D eigenvalue weighted by atomic mass is 10.1. The van der Waals surface area contributed by atoms with Crippen molar-refractivity contribution in [1.29, 1.82) is 0 Å². The summed E-state index contributed by atoms with van der Waals surface area (Å²) in [5, 5.41) is 3.57. The molecule has 90 valence electrons. The third kappa shape index (κ3) is 2.86. The first-order valence-electron chi connectivity index (χ1n) is 6.09. The predicted molar refractivity (Wildman–Crippen MR) is 63.1 cm³/mol. The van der Waals surface area contributed by atoms with Crippen molar-refractivity contribution in [1.82, 2.24) is 5.32 Å². The molecule has 0 spiro atoms. The van der Waals surface area contributed by atoms with Crippen LogP contribution in [0, 0.1) is 5.92 Å². The van der Waals surface area contributed by atoms with Gasteiger partial charge in [-0.15, -0.1) is 0 Å². The molecule has 0 bridgehead atoms. The number of methoxy groups -OCH3 is 1. The lowest BCUT2D eigenvalue weighted by molar-refractivity contribution is 0.162. The molecule has 3 heteroatoms. The minimum absolute atomic E-state index is 0.555. The van der Waals surface area contributed by atoms with Crippen LogP contribution in [0.2, 0.25) is 0 Å². The highest BCUT2D eigenvalue weighted by Crippen LogP contribution is 2.25. The third-order valence-corrected chi connectivity index (χ3v) is 3.40. The van der Waals surface area contributed by atoms with Gasteiger partial charge in [-0.25, -0.2) is 0 Å². The van der Waals surface area contributed by atoms with Crippen molar-refractivity contribution >= 4 is 0 Å². The number of ether oxygens (including phenoxy) is 1. The van der Waals surface area contributed by atoms with Gasteiger partial charge in [0, 0.05) is 13.2 Å². The predicted octanol–water partition coefficient (Wildman–Crippen LogP) is 2.70. The quantitative estimate of drug-likeness (QED) is 0.833. The molecule has 0 saturated heterocycles. The zero-order valence-corrected chi connectivity index (χ0v) is 10.2. The normalized spacial score (nSPS) is 25.1. The van der Waals surface area contributed by atoms with Crippen LogP contribution in [0.3, 0.4) is 0 Å². The maximum atomic E-state index is 5.63. The maximum Gasteiger partial charge on any atom is 0.129 e. The van der Waals surface area contributed by atoms with Crippen LogP contribution in [0.1, 0.15) is 37.7 Å². The van der Waals surface area contributed by atoms with Gasteiger partial charge in [0.05, 0.1) is 6.54 Å². The van der Waals surface area contributed by atoms with Gasteiger partial charge in [-0.05, 0) is 30.9 Å². The van der Waals surface area contributed by atoms with E-state index in [0.29, 0.717) is 12.6 Å². The molecular formula is C13H21NO2. The largest absolute Gasteiger partial charge is 0.462 e. The lowest BCUT2D eigenvalue weighted by Gasteiger charge is -2.16. The summed E-state index contributed by atoms with van der Waals surface area (Å²) in [5.74, 6) is 2.71. The van der Waals surface area contributed by atoms with Crippen LogP contribution in [0.25, 0.3) is 0 Å². The second kappa shape index (κ2) is 5.51. The number of nitrogens with one attached hydrogen (secondary N) is 1. The van der Waals surface area contributed by atoms with E-state index < -0.39 is 0 Å². The maximum absolute atomic E-state index is 5.63. The average molecular weight is 223 g/mol. The van der Waals surface area contributed by atoms with Gasteiger partial charge < -0.3 is 14.5 Å². The summed E-state index contributed by atoms with van der Waals surface area (Å²) in [6.45, 7) is 3.71. The van der Waals surface area contributed by atoms with Crippen molar-refractivity contribution in [2.45, 2.75) is 45.4 Å². The van der Waals surface area contributed by atoms with Crippen LogP contribution in [0.5, 0.6) is 0 Å². The molecule has 0 aromatic carbocycles. The van der Waals surface area contributed by atoms with Gasteiger partial charge in [0.2, 0.25) is 0 Å². The van der Waals surface area contributed by atoms with Crippen LogP contribution < -0.4 is 5.32 Å². The molecule has 1 N–H and O–H groups in total. The zero-order valence-electron chi connectivity index (χ0n) is 10.2. The molecular weight excluding hydrogens is 202 g/mol. The van der Waals surface area contributed by atoms with E-state index in [2.05, 4.69) is 12.2 Å². The molecule has 1 saturated carbocycles. The lowest BCUT2D eigenvalue weighted by Crippen LogP contribution is -2.30. The molecule has 0 radical (unpaired) electrons. The summed E-state index contributed by atoms with van der Waals surface area (Å²) in [6.07, 6.45) is 4.00. The molecule has 2 unspecified atom stereocenters. The highest BCUT2D eigenvalue weighted by Gasteiger charge is 2.22. The van der Waals surface area contributed by atoms with Crippen molar-refractivity contribution in [3.8, 4) is 0 Å². The monoisotopic (exact) mass is 223 g/mol. The number of hydrogen-bond donors (Lipinski definition) is 1. The zero-order chi connectivity index (χ0) is 11.4. The Balaban J connectivity index is 1.80. The van der Waals surface area contributed by atoms with Crippen LogP contribution in [-0.2, 0) is 17.9 Å². The smallest absolute Gasteiger partial charge is 0.129 e. The van der Waals surface area contributed by atoms with Crippen molar-refractivity contribution in [2.75, 3.05) is 7.11 Å². The summed E-state index contributed by atoms with van der Waals surface area (Å²) >= 11 is 0. The van der Waals surface area contributed by atoms with Gasteiger partial charge in [0.1, 0.15) is 18.1 Å². The van der Waals surface area contributed by atoms with Gasteiger partial charge in [0.25, 0.3) is 0 Å². The Bertz CT molecular complexity index is 321. The van der Waals surface area contributed by atoms with E-state index in [4.69, 9.17) is 9.15 Å². The number of furan rings is 1. The summed E-state index contributed by atoms with van der Waals surface area (Å²) < 4.78 is 10.7. The molecule has 3 nitrogen and oxygen atoms in total. The fraction of sp³-hybridized carbons (Fsp3) is 0.692. The Hall–Kier alpha value is -0.800. The SMILES string of the molecule is COCc1ccc(CNC2CCCC2C)o1. The molecule has 1 aliphatic carbocycles. The van der Waals surface area contributed by atoms with Gasteiger partial charge in [-0.2, -0.15) is 0 Å². The Kier molecular flexibility index (Phi) is 4.02. The standard InChI is InChI=1S/C13H21NO2/c1-10-4-3-5-13(10)14-8-11-6-7-12(16-11)9-15-2/h6-7,10,13-14H,3-5,8-9H2,1-2H3. The summed E-state index contributed by atoms with van der Waals surface area (Å²) in [6, 6.07) is 4.68. The molecule has 1 heterocycles. The fourth-order valence-electron chi connectivity index (χ4n) is 2.42. The van der Waals surface area contributed by atoms with Crippen LogP contribution in [0.4, 0.5) is 0 Å². The molecule has 1 aromatic heterocycles. The van der Waals surface area contributed by atoms with Gasteiger partial charge in [-0.1, -0.05) is 13.3 Å². The summed E-state index contributed by atoms with van der Waals surface area (Å²) in [4.78, 5) is 0. The van der Waals surface area contributed by atoms with E-state index in [1.807, 2.05) is 12.1 Å². The van der Waals surface area contributed by atoms with E-state index in [1.165, 1.54) is 19.3 Å². The second-order valence-electron chi connectivity index (χ2n) is 4.70. The molecule has 1 fully saturated rings. The Morgan fingerprint density at radius 2 is 2.19 bits per heavy atom. The first-order valence-corrected chi connectivity index (χ1v) is 6.09. The highest BCUT2D eigenvalue weighted by molar-refractivity contribution is 5.06. The van der Waals surface area contributed by atoms with Crippen molar-refractivity contribution in [2.24, 2.45) is 5.92 Å². The van der Waals surface area contributed by atoms with Crippen LogP contribution in [-0.4, -0.2) is 13.2 Å². The molecule has 16 heavy (non-hydrogen) atoms. The molecule has 0 aliphatic heterocycles. The summed E-state index contributed by atoms with van der Waals surface area (Å²) in [5.41, 5.74) is 0. The minimum atomic E-state index is 0.555. The van der Waals surface area contributed by atoms with Crippen molar-refractivity contribution < 1.29 is 9.15 Å². The Labute approximate surface area is 97.2 Å². The van der Waals surface area contributed by atoms with Gasteiger partial charge >= 0.3 is 0 Å². The van der Waals surface area contributed by atoms with E-state index in [-0.39, 0.29) is 0 Å². The molecule has 1 aromatic rings. The van der Waals surface area contributed by atoms with Gasteiger partial charge in [0.15, 0.2) is 0 Å². The summed E-state index contributed by atoms with van der Waals surface area (Å²) in [7, 11) is 1.68. The van der Waals surface area contributed by atoms with Crippen LogP contribution in [0.15, 0.2) is 16.5 Å². The van der Waals surface area contributed by atoms with Crippen molar-refractivity contribution in [3.05, 3.63) is 23.7 Å². The average Bonchev–Trinajstić information content (AvgIpc) is 2.86. The molecule has 0 amide bonds. The topological polar surface area (TPSA) is 34.4 Å². The van der Waals surface area contributed by atoms with Crippen LogP contribution >= 0.6 is 0 Å². The number of rotatable bonds is 5. The van der Waals surface area contributed by atoms with E-state index in [0.717, 1.165) is 24.0 Å². The third-order valence-electron chi connectivity index (χ3n) is 3.40. The Morgan fingerprint density at radius 3 is 2.88 bits per heavy atom. The number of hydrogen-bond acceptors (Lipinski definition) is 3. The second-order valence-corrected chi connectivity index (χ2v) is 4.70. The first kappa shape index (κ1) is 11.7. The van der Waals surface area contributed by atoms with E-state index in [9.17, 15) is 0 Å². The molecule has 1 aliphatic rings. The molecule has 2 atom stereocenters. The van der Waals surface area contributed by atoms with Crippen molar-refractivity contribution in [3.63, 3.8) is 0 Å². The first-order chi connectivity index (χ1) is 7.79. The highest BCUT2D eigenvalue weighted by atomic mass is 16.5. The minimum Gasteiger partial charge on any atom is -0.462 e. The Morgan fingerprint density at radius 1 is 1.38 bits per heavy atom. The van der Waals surface area contributed by atoms with E-state index in [1.54, 1.807) is 7.11 Å². The fourth-order valence-corrected chi connectivity index (χ4v) is 2.42. The van der Waals surface area contributed by atoms with E-state index >= 15 is 0 Å². The van der Waals surface area contributed by atoms with Gasteiger partial charge in [-0.3, -0.25) is 0 Å². The molecule has 2 rings (SSSR count).